The van der Waals surface area contributed by atoms with Gasteiger partial charge in [0, 0.05) is 6.04 Å². The van der Waals surface area contributed by atoms with Crippen LogP contribution in [0.25, 0.3) is 0 Å². The Morgan fingerprint density at radius 2 is 2.22 bits per heavy atom. The third-order valence-corrected chi connectivity index (χ3v) is 4.53. The minimum Gasteiger partial charge on any atom is -0.462 e. The van der Waals surface area contributed by atoms with Gasteiger partial charge < -0.3 is 4.74 Å². The second kappa shape index (κ2) is 7.34. The van der Waals surface area contributed by atoms with E-state index >= 15 is 0 Å². The Balaban J connectivity index is 2.12. The molecule has 0 unspecified atom stereocenters. The number of rotatable bonds is 7. The van der Waals surface area contributed by atoms with Gasteiger partial charge in [-0.3, -0.25) is 4.68 Å². The number of carbonyl (C=O) groups is 1. The van der Waals surface area contributed by atoms with Crippen molar-refractivity contribution < 1.29 is 17.9 Å². The van der Waals surface area contributed by atoms with Crippen LogP contribution in [-0.2, 0) is 21.3 Å². The second-order valence-electron chi connectivity index (χ2n) is 4.89. The van der Waals surface area contributed by atoms with E-state index in [-0.39, 0.29) is 17.1 Å². The van der Waals surface area contributed by atoms with Gasteiger partial charge in [-0.15, -0.1) is 0 Å². The van der Waals surface area contributed by atoms with E-state index in [2.05, 4.69) is 14.8 Å². The van der Waals surface area contributed by atoms with E-state index in [9.17, 15) is 13.2 Å². The molecule has 0 radical (unpaired) electrons. The lowest BCUT2D eigenvalue weighted by Gasteiger charge is -2.14. The van der Waals surface area contributed by atoms with Gasteiger partial charge in [-0.25, -0.2) is 22.9 Å². The van der Waals surface area contributed by atoms with Crippen LogP contribution < -0.4 is 4.72 Å². The highest BCUT2D eigenvalue weighted by Gasteiger charge is 2.19. The van der Waals surface area contributed by atoms with Gasteiger partial charge in [0.1, 0.15) is 12.7 Å². The molecule has 1 N–H and O–H groups in total. The molecule has 9 heteroatoms. The zero-order valence-corrected chi connectivity index (χ0v) is 13.7. The number of benzene rings is 1. The topological polar surface area (TPSA) is 103 Å². The van der Waals surface area contributed by atoms with Crippen LogP contribution in [0.5, 0.6) is 0 Å². The molecule has 1 atom stereocenters. The summed E-state index contributed by atoms with van der Waals surface area (Å²) in [4.78, 5) is 15.5. The Hall–Kier alpha value is -2.26. The quantitative estimate of drug-likeness (QED) is 0.750. The van der Waals surface area contributed by atoms with Crippen molar-refractivity contribution in [1.82, 2.24) is 19.5 Å². The van der Waals surface area contributed by atoms with E-state index in [1.54, 1.807) is 13.8 Å². The van der Waals surface area contributed by atoms with Gasteiger partial charge in [0.25, 0.3) is 0 Å². The van der Waals surface area contributed by atoms with Gasteiger partial charge in [-0.2, -0.15) is 5.10 Å². The maximum absolute atomic E-state index is 12.4. The van der Waals surface area contributed by atoms with Crippen molar-refractivity contribution in [3.8, 4) is 0 Å². The Bertz CT molecular complexity index is 759. The molecule has 0 saturated heterocycles. The fourth-order valence-corrected chi connectivity index (χ4v) is 3.26. The lowest BCUT2D eigenvalue weighted by atomic mass is 10.2. The molecule has 0 fully saturated rings. The first-order valence-electron chi connectivity index (χ1n) is 7.04. The summed E-state index contributed by atoms with van der Waals surface area (Å²) in [7, 11) is -3.75. The molecule has 0 aliphatic heterocycles. The van der Waals surface area contributed by atoms with E-state index in [1.807, 2.05) is 0 Å². The zero-order valence-electron chi connectivity index (χ0n) is 12.8. The number of carbonyl (C=O) groups excluding carboxylic acids is 1. The number of nitrogens with one attached hydrogen (secondary N) is 1. The Kier molecular flexibility index (Phi) is 5.45. The number of esters is 1. The fraction of sp³-hybridized carbons (Fsp3) is 0.357. The van der Waals surface area contributed by atoms with E-state index in [0.717, 1.165) is 0 Å². The molecule has 2 aromatic rings. The average Bonchev–Trinajstić information content (AvgIpc) is 3.00. The van der Waals surface area contributed by atoms with Crippen molar-refractivity contribution in [2.45, 2.75) is 31.3 Å². The molecule has 0 bridgehead atoms. The van der Waals surface area contributed by atoms with Crippen molar-refractivity contribution in [1.29, 1.82) is 0 Å². The summed E-state index contributed by atoms with van der Waals surface area (Å²) < 4.78 is 33.7. The Morgan fingerprint density at radius 3 is 2.87 bits per heavy atom. The van der Waals surface area contributed by atoms with E-state index in [0.29, 0.717) is 6.54 Å². The number of aromatic nitrogens is 3. The molecule has 23 heavy (non-hydrogen) atoms. The highest BCUT2D eigenvalue weighted by molar-refractivity contribution is 7.89. The largest absolute Gasteiger partial charge is 0.462 e. The van der Waals surface area contributed by atoms with Crippen molar-refractivity contribution >= 4 is 16.0 Å². The lowest BCUT2D eigenvalue weighted by molar-refractivity contribution is 0.0526. The minimum atomic E-state index is -3.75. The van der Waals surface area contributed by atoms with Crippen LogP contribution in [0.2, 0.25) is 0 Å². The molecule has 1 aromatic carbocycles. The normalized spacial score (nSPS) is 12.8. The molecule has 0 saturated carbocycles. The summed E-state index contributed by atoms with van der Waals surface area (Å²) in [5.41, 5.74) is 0.193. The van der Waals surface area contributed by atoms with Gasteiger partial charge >= 0.3 is 5.97 Å². The van der Waals surface area contributed by atoms with Crippen LogP contribution in [0, 0.1) is 0 Å². The molecule has 2 rings (SSSR count). The van der Waals surface area contributed by atoms with Crippen molar-refractivity contribution in [3.05, 3.63) is 42.5 Å². The summed E-state index contributed by atoms with van der Waals surface area (Å²) in [6, 6.07) is 5.34. The molecule has 1 aromatic heterocycles. The van der Waals surface area contributed by atoms with Crippen molar-refractivity contribution in [2.24, 2.45) is 0 Å². The predicted octanol–water partition coefficient (Wildman–Crippen LogP) is 0.822. The van der Waals surface area contributed by atoms with Crippen LogP contribution in [-0.4, -0.2) is 41.8 Å². The first-order valence-corrected chi connectivity index (χ1v) is 8.52. The van der Waals surface area contributed by atoms with Gasteiger partial charge in [0.2, 0.25) is 10.0 Å². The summed E-state index contributed by atoms with van der Waals surface area (Å²) in [6.45, 7) is 3.97. The predicted molar refractivity (Wildman–Crippen MR) is 82.2 cm³/mol. The molecular weight excluding hydrogens is 320 g/mol. The minimum absolute atomic E-state index is 0.00786. The van der Waals surface area contributed by atoms with Gasteiger partial charge in [-0.05, 0) is 32.0 Å². The summed E-state index contributed by atoms with van der Waals surface area (Å²) >= 11 is 0. The van der Waals surface area contributed by atoms with E-state index in [1.165, 1.54) is 41.6 Å². The van der Waals surface area contributed by atoms with Crippen LogP contribution in [0.1, 0.15) is 24.2 Å². The molecule has 0 aliphatic carbocycles. The monoisotopic (exact) mass is 338 g/mol. The number of hydrogen-bond donors (Lipinski definition) is 1. The summed E-state index contributed by atoms with van der Waals surface area (Å²) in [5.74, 6) is -0.555. The SMILES string of the molecule is CCOC(=O)c1cccc(S(=O)(=O)N[C@H](C)Cn2cncn2)c1. The third kappa shape index (κ3) is 4.60. The Labute approximate surface area is 134 Å². The first-order chi connectivity index (χ1) is 10.9. The first kappa shape index (κ1) is 17.1. The summed E-state index contributed by atoms with van der Waals surface area (Å²) in [6.07, 6.45) is 2.89. The highest BCUT2D eigenvalue weighted by atomic mass is 32.2. The fourth-order valence-electron chi connectivity index (χ4n) is 1.98. The molecule has 0 amide bonds. The number of sulfonamides is 1. The third-order valence-electron chi connectivity index (χ3n) is 2.94. The molecule has 0 aliphatic rings. The van der Waals surface area contributed by atoms with Gasteiger partial charge in [0.05, 0.1) is 23.6 Å². The lowest BCUT2D eigenvalue weighted by Crippen LogP contribution is -2.35. The van der Waals surface area contributed by atoms with E-state index < -0.39 is 22.0 Å². The van der Waals surface area contributed by atoms with Crippen LogP contribution in [0.15, 0.2) is 41.8 Å². The molecule has 1 heterocycles. The molecular formula is C14H18N4O4S. The highest BCUT2D eigenvalue weighted by Crippen LogP contribution is 2.13. The molecule has 8 nitrogen and oxygen atoms in total. The van der Waals surface area contributed by atoms with Crippen LogP contribution in [0.4, 0.5) is 0 Å². The molecule has 124 valence electrons. The molecule has 0 spiro atoms. The standard InChI is InChI=1S/C14H18N4O4S/c1-3-22-14(19)12-5-4-6-13(7-12)23(20,21)17-11(2)8-18-10-15-9-16-18/h4-7,9-11,17H,3,8H2,1-2H3/t11-/m1/s1. The maximum Gasteiger partial charge on any atom is 0.338 e. The van der Waals surface area contributed by atoms with Crippen molar-refractivity contribution in [2.75, 3.05) is 6.61 Å². The average molecular weight is 338 g/mol. The zero-order chi connectivity index (χ0) is 16.9. The maximum atomic E-state index is 12.4. The second-order valence-corrected chi connectivity index (χ2v) is 6.60. The van der Waals surface area contributed by atoms with E-state index in [4.69, 9.17) is 4.74 Å². The number of hydrogen-bond acceptors (Lipinski definition) is 6. The van der Waals surface area contributed by atoms with Crippen LogP contribution >= 0.6 is 0 Å². The smallest absolute Gasteiger partial charge is 0.338 e. The number of nitrogens with zero attached hydrogens (tertiary/aromatic N) is 3. The van der Waals surface area contributed by atoms with Gasteiger partial charge in [-0.1, -0.05) is 6.07 Å². The van der Waals surface area contributed by atoms with Gasteiger partial charge in [0.15, 0.2) is 0 Å². The number of ether oxygens (including phenoxy) is 1. The Morgan fingerprint density at radius 1 is 1.43 bits per heavy atom. The van der Waals surface area contributed by atoms with Crippen LogP contribution in [0.3, 0.4) is 0 Å². The summed E-state index contributed by atoms with van der Waals surface area (Å²) in [5, 5.41) is 3.93. The van der Waals surface area contributed by atoms with Crippen molar-refractivity contribution in [3.63, 3.8) is 0 Å².